The number of carbonyl (C=O) groups excluding carboxylic acids is 3. The number of nitrogens with zero attached hydrogens (tertiary/aromatic N) is 2. The number of hydrogen-bond donors (Lipinski definition) is 3. The topological polar surface area (TPSA) is 138 Å². The number of aromatic nitrogens is 1. The Morgan fingerprint density at radius 3 is 2.74 bits per heavy atom. The fraction of sp³-hybridized carbons (Fsp3) is 0.692. The highest BCUT2D eigenvalue weighted by Gasteiger charge is 2.61. The number of nitrogens with one attached hydrogen (secondary N) is 3. The van der Waals surface area contributed by atoms with Gasteiger partial charge in [-0.15, -0.1) is 11.3 Å². The highest BCUT2D eigenvalue weighted by Crippen LogP contribution is 2.46. The second kappa shape index (κ2) is 11.0. The van der Waals surface area contributed by atoms with Crippen LogP contribution in [0.25, 0.3) is 0 Å². The third-order valence-electron chi connectivity index (χ3n) is 8.03. The molecule has 0 bridgehead atoms. The van der Waals surface area contributed by atoms with Crippen molar-refractivity contribution in [2.45, 2.75) is 100 Å². The molecule has 208 valence electrons. The Morgan fingerprint density at radius 2 is 2.00 bits per heavy atom. The molecule has 10 nitrogen and oxygen atoms in total. The van der Waals surface area contributed by atoms with Crippen molar-refractivity contribution in [2.75, 3.05) is 11.9 Å². The summed E-state index contributed by atoms with van der Waals surface area (Å²) in [5, 5.41) is 6.39. The molecule has 3 N–H and O–H groups in total. The molecular formula is C26H37N5O5S2. The summed E-state index contributed by atoms with van der Waals surface area (Å²) in [6.45, 7) is 2.53. The number of aryl methyl sites for hydroxylation is 1. The quantitative estimate of drug-likeness (QED) is 0.452. The van der Waals surface area contributed by atoms with Crippen molar-refractivity contribution >= 4 is 44.2 Å². The molecule has 1 saturated heterocycles. The highest BCUT2D eigenvalue weighted by atomic mass is 32.2. The van der Waals surface area contributed by atoms with E-state index in [1.165, 1.54) is 11.3 Å². The number of amides is 3. The molecule has 5 rings (SSSR count). The minimum Gasteiger partial charge on any atom is -0.350 e. The number of rotatable bonds is 6. The van der Waals surface area contributed by atoms with E-state index in [2.05, 4.69) is 27.3 Å². The molecule has 12 heteroatoms. The molecule has 38 heavy (non-hydrogen) atoms. The lowest BCUT2D eigenvalue weighted by Crippen LogP contribution is -2.57. The smallest absolute Gasteiger partial charge is 0.259 e. The molecule has 2 aliphatic carbocycles. The number of thiazole rings is 1. The van der Waals surface area contributed by atoms with Gasteiger partial charge in [-0.05, 0) is 57.8 Å². The molecule has 0 radical (unpaired) electrons. The van der Waals surface area contributed by atoms with Crippen LogP contribution in [0.1, 0.15) is 76.0 Å². The Morgan fingerprint density at radius 1 is 1.18 bits per heavy atom. The molecule has 0 unspecified atom stereocenters. The van der Waals surface area contributed by atoms with Crippen molar-refractivity contribution < 1.29 is 22.8 Å². The molecule has 0 spiro atoms. The van der Waals surface area contributed by atoms with E-state index < -0.39 is 44.7 Å². The average Bonchev–Trinajstić information content (AvgIpc) is 3.75. The lowest BCUT2D eigenvalue weighted by atomic mass is 10.1. The fourth-order valence-corrected chi connectivity index (χ4v) is 7.63. The summed E-state index contributed by atoms with van der Waals surface area (Å²) in [5.41, 5.74) is -1.30. The van der Waals surface area contributed by atoms with Crippen molar-refractivity contribution in [1.82, 2.24) is 19.9 Å². The lowest BCUT2D eigenvalue weighted by molar-refractivity contribution is -0.140. The van der Waals surface area contributed by atoms with E-state index in [1.54, 1.807) is 4.90 Å². The first-order chi connectivity index (χ1) is 18.2. The van der Waals surface area contributed by atoms with Crippen LogP contribution in [0.3, 0.4) is 0 Å². The van der Waals surface area contributed by atoms with Crippen LogP contribution in [-0.2, 0) is 30.8 Å². The number of sulfonamides is 1. The maximum atomic E-state index is 13.8. The number of hydrogen-bond acceptors (Lipinski definition) is 8. The molecule has 1 aromatic heterocycles. The summed E-state index contributed by atoms with van der Waals surface area (Å²) in [5.74, 6) is -1.49. The van der Waals surface area contributed by atoms with Crippen LogP contribution < -0.4 is 15.4 Å². The Hall–Kier alpha value is -2.47. The number of anilines is 1. The van der Waals surface area contributed by atoms with Gasteiger partial charge in [0.05, 0.1) is 5.25 Å². The normalized spacial score (nSPS) is 31.3. The zero-order valence-corrected chi connectivity index (χ0v) is 23.4. The van der Waals surface area contributed by atoms with Gasteiger partial charge in [0.25, 0.3) is 5.91 Å². The Bertz CT molecular complexity index is 1210. The van der Waals surface area contributed by atoms with E-state index in [1.807, 2.05) is 18.3 Å². The van der Waals surface area contributed by atoms with Crippen LogP contribution in [-0.4, -0.2) is 65.4 Å². The summed E-state index contributed by atoms with van der Waals surface area (Å²) in [4.78, 5) is 47.8. The van der Waals surface area contributed by atoms with E-state index in [0.29, 0.717) is 50.2 Å². The maximum absolute atomic E-state index is 13.8. The number of fused-ring (bicyclic) bond motifs is 2. The standard InChI is InChI=1S/C26H37N5O5S2/c1-2-18-16-27-25(37-18)28-20-10-7-5-3-4-6-9-17-15-26(17,24(34)30-38(35,36)19-12-13-19)29-22(32)21-11-8-14-31(21)23(20)33/h6,9,16-17,19-21H,2-5,7-8,10-15H2,1H3,(H,27,28)(H,29,32)(H,30,34)/b9-6-/t17-,20+,21+,26-/m1/s1. The summed E-state index contributed by atoms with van der Waals surface area (Å²) in [6, 6.07) is -1.19. The van der Waals surface area contributed by atoms with Gasteiger partial charge >= 0.3 is 0 Å². The SMILES string of the molecule is CCc1cnc(N[C@H]2CCCCC/C=C\[C@@H]3C[C@@]3(C(=O)NS(=O)(=O)C3CC3)NC(=O)[C@@H]3CCCN3C2=O)s1. The van der Waals surface area contributed by atoms with E-state index in [4.69, 9.17) is 0 Å². The van der Waals surface area contributed by atoms with Gasteiger partial charge in [0.1, 0.15) is 17.6 Å². The van der Waals surface area contributed by atoms with Gasteiger partial charge in [0, 0.05) is 23.5 Å². The van der Waals surface area contributed by atoms with Crippen molar-refractivity contribution in [2.24, 2.45) is 5.92 Å². The summed E-state index contributed by atoms with van der Waals surface area (Å²) in [7, 11) is -3.75. The van der Waals surface area contributed by atoms with E-state index in [0.717, 1.165) is 37.0 Å². The fourth-order valence-electron chi connectivity index (χ4n) is 5.46. The monoisotopic (exact) mass is 563 g/mol. The molecule has 3 amide bonds. The Kier molecular flexibility index (Phi) is 7.82. The Balaban J connectivity index is 1.36. The first-order valence-electron chi connectivity index (χ1n) is 13.8. The van der Waals surface area contributed by atoms with Gasteiger partial charge in [0.15, 0.2) is 5.13 Å². The predicted octanol–water partition coefficient (Wildman–Crippen LogP) is 2.48. The van der Waals surface area contributed by atoms with Gasteiger partial charge in [-0.3, -0.25) is 19.1 Å². The summed E-state index contributed by atoms with van der Waals surface area (Å²) in [6.07, 6.45) is 13.5. The molecule has 2 saturated carbocycles. The van der Waals surface area contributed by atoms with Crippen LogP contribution in [0.15, 0.2) is 18.3 Å². The molecular weight excluding hydrogens is 526 g/mol. The van der Waals surface area contributed by atoms with Crippen LogP contribution in [0.4, 0.5) is 5.13 Å². The average molecular weight is 564 g/mol. The van der Waals surface area contributed by atoms with Crippen LogP contribution >= 0.6 is 11.3 Å². The first-order valence-corrected chi connectivity index (χ1v) is 16.2. The zero-order valence-electron chi connectivity index (χ0n) is 21.8. The second-order valence-corrected chi connectivity index (χ2v) is 14.0. The third kappa shape index (κ3) is 5.75. The van der Waals surface area contributed by atoms with Crippen molar-refractivity contribution in [3.63, 3.8) is 0 Å². The van der Waals surface area contributed by atoms with Gasteiger partial charge < -0.3 is 15.5 Å². The van der Waals surface area contributed by atoms with Gasteiger partial charge in [-0.2, -0.15) is 0 Å². The molecule has 3 heterocycles. The van der Waals surface area contributed by atoms with E-state index >= 15 is 0 Å². The minimum atomic E-state index is -3.75. The third-order valence-corrected chi connectivity index (χ3v) is 10.9. The van der Waals surface area contributed by atoms with E-state index in [-0.39, 0.29) is 11.8 Å². The summed E-state index contributed by atoms with van der Waals surface area (Å²) < 4.78 is 27.2. The zero-order chi connectivity index (χ0) is 26.9. The van der Waals surface area contributed by atoms with Crippen LogP contribution in [0.5, 0.6) is 0 Å². The second-order valence-electron chi connectivity index (χ2n) is 10.9. The molecule has 4 atom stereocenters. The van der Waals surface area contributed by atoms with Crippen molar-refractivity contribution in [1.29, 1.82) is 0 Å². The number of allylic oxidation sites excluding steroid dienone is 1. The summed E-state index contributed by atoms with van der Waals surface area (Å²) >= 11 is 1.54. The maximum Gasteiger partial charge on any atom is 0.259 e. The molecule has 0 aromatic carbocycles. The molecule has 4 aliphatic rings. The van der Waals surface area contributed by atoms with Crippen molar-refractivity contribution in [3.8, 4) is 0 Å². The molecule has 1 aromatic rings. The molecule has 2 aliphatic heterocycles. The van der Waals surface area contributed by atoms with Gasteiger partial charge in [-0.25, -0.2) is 13.4 Å². The van der Waals surface area contributed by atoms with Crippen molar-refractivity contribution in [3.05, 3.63) is 23.2 Å². The van der Waals surface area contributed by atoms with Crippen LogP contribution in [0.2, 0.25) is 0 Å². The number of carbonyl (C=O) groups is 3. The first kappa shape index (κ1) is 27.1. The van der Waals surface area contributed by atoms with Gasteiger partial charge in [0.2, 0.25) is 21.8 Å². The largest absolute Gasteiger partial charge is 0.350 e. The van der Waals surface area contributed by atoms with E-state index in [9.17, 15) is 22.8 Å². The van der Waals surface area contributed by atoms with Crippen LogP contribution in [0, 0.1) is 5.92 Å². The highest BCUT2D eigenvalue weighted by molar-refractivity contribution is 7.91. The van der Waals surface area contributed by atoms with Gasteiger partial charge in [-0.1, -0.05) is 31.9 Å². The predicted molar refractivity (Wildman–Crippen MR) is 145 cm³/mol. The molecule has 3 fully saturated rings. The lowest BCUT2D eigenvalue weighted by Gasteiger charge is -2.30. The Labute approximate surface area is 228 Å². The minimum absolute atomic E-state index is 0.133.